The van der Waals surface area contributed by atoms with E-state index in [9.17, 15) is 8.42 Å². The summed E-state index contributed by atoms with van der Waals surface area (Å²) in [5.41, 5.74) is 3.25. The number of sulfonamides is 1. The highest BCUT2D eigenvalue weighted by Gasteiger charge is 2.18. The lowest BCUT2D eigenvalue weighted by atomic mass is 10.2. The number of pyridine rings is 1. The lowest BCUT2D eigenvalue weighted by molar-refractivity contribution is 0.602. The molecule has 0 saturated heterocycles. The Kier molecular flexibility index (Phi) is 4.56. The summed E-state index contributed by atoms with van der Waals surface area (Å²) in [6.07, 6.45) is 1.58. The third-order valence-corrected chi connectivity index (χ3v) is 6.41. The number of aryl methyl sites for hydroxylation is 1. The van der Waals surface area contributed by atoms with Crippen LogP contribution < -0.4 is 4.72 Å². The van der Waals surface area contributed by atoms with Crippen molar-refractivity contribution in [3.63, 3.8) is 0 Å². The number of rotatable bonds is 4. The lowest BCUT2D eigenvalue weighted by Gasteiger charge is -2.11. The van der Waals surface area contributed by atoms with Gasteiger partial charge in [0.15, 0.2) is 0 Å². The van der Waals surface area contributed by atoms with E-state index >= 15 is 0 Å². The van der Waals surface area contributed by atoms with Gasteiger partial charge in [0.2, 0.25) is 0 Å². The maximum atomic E-state index is 12.9. The molecule has 2 aromatic heterocycles. The number of hydrogen-bond acceptors (Lipinski definition) is 4. The van der Waals surface area contributed by atoms with Crippen molar-refractivity contribution in [2.24, 2.45) is 0 Å². The monoisotopic (exact) mass is 412 g/mol. The number of anilines is 1. The fraction of sp³-hybridized carbons (Fsp3) is 0.100. The number of para-hydroxylation sites is 1. The number of halogens is 1. The fourth-order valence-electron chi connectivity index (χ4n) is 3.05. The van der Waals surface area contributed by atoms with E-state index in [1.165, 1.54) is 0 Å². The third kappa shape index (κ3) is 3.23. The molecule has 4 rings (SSSR count). The minimum Gasteiger partial charge on any atom is -0.280 e. The molecule has 6 nitrogen and oxygen atoms in total. The Bertz CT molecular complexity index is 1280. The molecule has 0 saturated carbocycles. The first-order valence-electron chi connectivity index (χ1n) is 8.55. The van der Waals surface area contributed by atoms with Gasteiger partial charge in [-0.1, -0.05) is 29.8 Å². The number of aromatic nitrogens is 3. The molecule has 142 valence electrons. The fourth-order valence-corrected chi connectivity index (χ4v) is 4.41. The molecule has 0 spiro atoms. The number of nitrogens with one attached hydrogen (secondary N) is 1. The second kappa shape index (κ2) is 6.92. The predicted molar refractivity (Wildman–Crippen MR) is 111 cm³/mol. The van der Waals surface area contributed by atoms with Crippen LogP contribution >= 0.6 is 11.6 Å². The lowest BCUT2D eigenvalue weighted by Crippen LogP contribution is -2.13. The van der Waals surface area contributed by atoms with Crippen LogP contribution in [-0.2, 0) is 10.0 Å². The second-order valence-corrected chi connectivity index (χ2v) is 8.41. The zero-order chi connectivity index (χ0) is 19.9. The van der Waals surface area contributed by atoms with Gasteiger partial charge >= 0.3 is 0 Å². The van der Waals surface area contributed by atoms with E-state index in [4.69, 9.17) is 11.6 Å². The van der Waals surface area contributed by atoms with Crippen LogP contribution in [0.5, 0.6) is 0 Å². The first-order chi connectivity index (χ1) is 13.4. The maximum absolute atomic E-state index is 12.9. The molecule has 28 heavy (non-hydrogen) atoms. The van der Waals surface area contributed by atoms with E-state index in [1.54, 1.807) is 53.3 Å². The van der Waals surface area contributed by atoms with Crippen molar-refractivity contribution in [3.05, 3.63) is 77.2 Å². The largest absolute Gasteiger partial charge is 0.280 e. The highest BCUT2D eigenvalue weighted by atomic mass is 35.5. The van der Waals surface area contributed by atoms with Crippen LogP contribution in [-0.4, -0.2) is 23.2 Å². The van der Waals surface area contributed by atoms with Gasteiger partial charge < -0.3 is 0 Å². The summed E-state index contributed by atoms with van der Waals surface area (Å²) in [7, 11) is -3.78. The number of fused-ring (bicyclic) bond motifs is 1. The summed E-state index contributed by atoms with van der Waals surface area (Å²) in [4.78, 5) is 4.36. The quantitative estimate of drug-likeness (QED) is 0.535. The van der Waals surface area contributed by atoms with E-state index in [2.05, 4.69) is 14.8 Å². The number of nitrogens with zero attached hydrogens (tertiary/aromatic N) is 3. The first-order valence-corrected chi connectivity index (χ1v) is 10.4. The minimum atomic E-state index is -3.78. The summed E-state index contributed by atoms with van der Waals surface area (Å²) in [6.45, 7) is 3.72. The molecular formula is C20H17ClN4O2S. The third-order valence-electron chi connectivity index (χ3n) is 4.45. The van der Waals surface area contributed by atoms with E-state index < -0.39 is 10.0 Å². The molecule has 8 heteroatoms. The maximum Gasteiger partial charge on any atom is 0.264 e. The van der Waals surface area contributed by atoms with Crippen molar-refractivity contribution in [1.82, 2.24) is 14.8 Å². The van der Waals surface area contributed by atoms with Crippen molar-refractivity contribution in [3.8, 4) is 5.69 Å². The van der Waals surface area contributed by atoms with Gasteiger partial charge in [-0.05, 0) is 50.2 Å². The van der Waals surface area contributed by atoms with Crippen LogP contribution in [0.25, 0.3) is 16.6 Å². The molecule has 1 N–H and O–H groups in total. The van der Waals surface area contributed by atoms with E-state index in [0.717, 1.165) is 22.5 Å². The van der Waals surface area contributed by atoms with Crippen molar-refractivity contribution < 1.29 is 8.42 Å². The molecule has 0 fully saturated rings. The van der Waals surface area contributed by atoms with Crippen LogP contribution in [0.1, 0.15) is 11.4 Å². The first kappa shape index (κ1) is 18.5. The van der Waals surface area contributed by atoms with Crippen LogP contribution in [0.4, 0.5) is 5.69 Å². The van der Waals surface area contributed by atoms with Gasteiger partial charge in [-0.25, -0.2) is 13.1 Å². The zero-order valence-electron chi connectivity index (χ0n) is 15.2. The van der Waals surface area contributed by atoms with Crippen LogP contribution in [0, 0.1) is 13.8 Å². The van der Waals surface area contributed by atoms with Gasteiger partial charge in [-0.2, -0.15) is 5.10 Å². The Morgan fingerprint density at radius 2 is 1.71 bits per heavy atom. The van der Waals surface area contributed by atoms with Gasteiger partial charge in [0, 0.05) is 17.3 Å². The van der Waals surface area contributed by atoms with E-state index in [1.807, 2.05) is 26.0 Å². The molecular weight excluding hydrogens is 396 g/mol. The van der Waals surface area contributed by atoms with Crippen molar-refractivity contribution in [2.45, 2.75) is 18.7 Å². The van der Waals surface area contributed by atoms with E-state index in [0.29, 0.717) is 16.2 Å². The van der Waals surface area contributed by atoms with Gasteiger partial charge in [0.05, 0.1) is 27.6 Å². The zero-order valence-corrected chi connectivity index (χ0v) is 16.8. The summed E-state index contributed by atoms with van der Waals surface area (Å²) in [6, 6.07) is 15.6. The summed E-state index contributed by atoms with van der Waals surface area (Å²) in [5, 5.41) is 5.79. The van der Waals surface area contributed by atoms with Gasteiger partial charge in [0.1, 0.15) is 4.90 Å². The standard InChI is InChI=1S/C20H17ClN4O2S/c1-13-19(21)14(2)25(23-13)17-10-8-16(9-11-17)24-28(26,27)18-7-3-5-15-6-4-12-22-20(15)18/h3-12,24H,1-2H3. The molecule has 0 amide bonds. The smallest absolute Gasteiger partial charge is 0.264 e. The number of hydrogen-bond donors (Lipinski definition) is 1. The van der Waals surface area contributed by atoms with Crippen molar-refractivity contribution in [2.75, 3.05) is 4.72 Å². The molecule has 0 aliphatic heterocycles. The minimum absolute atomic E-state index is 0.139. The second-order valence-electron chi connectivity index (χ2n) is 6.38. The average molecular weight is 413 g/mol. The highest BCUT2D eigenvalue weighted by molar-refractivity contribution is 7.93. The molecule has 4 aromatic rings. The van der Waals surface area contributed by atoms with Gasteiger partial charge in [-0.15, -0.1) is 0 Å². The summed E-state index contributed by atoms with van der Waals surface area (Å²) >= 11 is 6.20. The van der Waals surface area contributed by atoms with Crippen LogP contribution in [0.3, 0.4) is 0 Å². The molecule has 0 unspecified atom stereocenters. The summed E-state index contributed by atoms with van der Waals surface area (Å²) < 4.78 is 30.1. The molecule has 0 radical (unpaired) electrons. The Morgan fingerprint density at radius 3 is 2.39 bits per heavy atom. The van der Waals surface area contributed by atoms with Gasteiger partial charge in [0.25, 0.3) is 10.0 Å². The Morgan fingerprint density at radius 1 is 1.00 bits per heavy atom. The molecule has 2 heterocycles. The molecule has 2 aromatic carbocycles. The Balaban J connectivity index is 1.66. The van der Waals surface area contributed by atoms with Crippen molar-refractivity contribution in [1.29, 1.82) is 0 Å². The van der Waals surface area contributed by atoms with Crippen molar-refractivity contribution >= 4 is 38.2 Å². The Hall–Kier alpha value is -2.90. The van der Waals surface area contributed by atoms with Gasteiger partial charge in [-0.3, -0.25) is 9.71 Å². The number of benzene rings is 2. The SMILES string of the molecule is Cc1nn(-c2ccc(NS(=O)(=O)c3cccc4cccnc34)cc2)c(C)c1Cl. The topological polar surface area (TPSA) is 76.9 Å². The van der Waals surface area contributed by atoms with Crippen LogP contribution in [0.2, 0.25) is 5.02 Å². The molecule has 0 aliphatic rings. The Labute approximate surface area is 167 Å². The van der Waals surface area contributed by atoms with Crippen LogP contribution in [0.15, 0.2) is 65.7 Å². The van der Waals surface area contributed by atoms with E-state index in [-0.39, 0.29) is 4.90 Å². The molecule has 0 atom stereocenters. The summed E-state index contributed by atoms with van der Waals surface area (Å²) in [5.74, 6) is 0. The highest BCUT2D eigenvalue weighted by Crippen LogP contribution is 2.25. The normalized spacial score (nSPS) is 11.7. The predicted octanol–water partition coefficient (Wildman–Crippen LogP) is 4.49. The molecule has 0 bridgehead atoms. The average Bonchev–Trinajstić information content (AvgIpc) is 2.95. The molecule has 0 aliphatic carbocycles.